The van der Waals surface area contributed by atoms with E-state index < -0.39 is 108 Å². The minimum atomic E-state index is -0.704. The van der Waals surface area contributed by atoms with Crippen molar-refractivity contribution in [2.45, 2.75) is 0 Å². The summed E-state index contributed by atoms with van der Waals surface area (Å²) in [5.74, 6) is 0. The summed E-state index contributed by atoms with van der Waals surface area (Å²) < 4.78 is 145. The Kier molecular flexibility index (Phi) is 2.53. The number of furan rings is 1. The molecule has 1 heteroatoms. The van der Waals surface area contributed by atoms with E-state index in [-0.39, 0.29) is 33.1 Å². The Balaban J connectivity index is 1.57. The molecule has 0 aliphatic carbocycles. The lowest BCUT2D eigenvalue weighted by Gasteiger charge is -2.17. The minimum absolute atomic E-state index is 0.0483. The number of para-hydroxylation sites is 1. The van der Waals surface area contributed by atoms with Crippen LogP contribution in [0.1, 0.15) is 21.9 Å². The molecule has 1 aromatic heterocycles. The van der Waals surface area contributed by atoms with Crippen LogP contribution in [0.5, 0.6) is 0 Å². The predicted octanol–water partition coefficient (Wildman–Crippen LogP) is 10.9. The Bertz CT molecular complexity index is 2940. The maximum absolute atomic E-state index is 9.66. The molecule has 0 atom stereocenters. The van der Waals surface area contributed by atoms with Crippen molar-refractivity contribution in [1.29, 1.82) is 0 Å². The fourth-order valence-electron chi connectivity index (χ4n) is 5.14. The highest BCUT2D eigenvalue weighted by molar-refractivity contribution is 6.22. The maximum Gasteiger partial charge on any atom is 0.143 e. The standard InChI is InChI=1S/C38H24O/c1-3-12-25(13-4-1)28-20-11-21-33-34-24-27(22-23-35(34)39-38(28)33)37-31-18-9-7-16-29(31)36(26-14-5-2-6-15-26)30-17-8-10-19-32(30)37/h1-24H/i1D,2D,3D,4D,5D,6D,11D,12D,13D,14D,15D,20D,21D,22D,23D,24D. The van der Waals surface area contributed by atoms with Crippen molar-refractivity contribution in [2.24, 2.45) is 0 Å². The first-order valence-electron chi connectivity index (χ1n) is 20.1. The zero-order chi connectivity index (χ0) is 39.7. The minimum Gasteiger partial charge on any atom is -0.455 e. The maximum atomic E-state index is 9.66. The van der Waals surface area contributed by atoms with E-state index in [0.29, 0.717) is 32.7 Å². The highest BCUT2D eigenvalue weighted by Crippen LogP contribution is 2.45. The van der Waals surface area contributed by atoms with E-state index in [1.807, 2.05) is 0 Å². The third-order valence-electron chi connectivity index (χ3n) is 6.74. The van der Waals surface area contributed by atoms with Crippen molar-refractivity contribution < 1.29 is 26.3 Å². The fraction of sp³-hybridized carbons (Fsp3) is 0. The molecule has 0 bridgehead atoms. The topological polar surface area (TPSA) is 13.1 Å². The normalized spacial score (nSPS) is 17.3. The molecule has 0 aliphatic rings. The molecule has 39 heavy (non-hydrogen) atoms. The molecular formula is C38H24O. The number of hydrogen-bond donors (Lipinski definition) is 0. The van der Waals surface area contributed by atoms with Gasteiger partial charge in [-0.2, -0.15) is 0 Å². The monoisotopic (exact) mass is 512 g/mol. The Morgan fingerprint density at radius 1 is 0.436 bits per heavy atom. The highest BCUT2D eigenvalue weighted by Gasteiger charge is 2.18. The van der Waals surface area contributed by atoms with Crippen molar-refractivity contribution in [3.05, 3.63) is 145 Å². The van der Waals surface area contributed by atoms with Crippen LogP contribution in [0.15, 0.2) is 150 Å². The largest absolute Gasteiger partial charge is 0.455 e. The molecule has 0 amide bonds. The van der Waals surface area contributed by atoms with Crippen molar-refractivity contribution in [1.82, 2.24) is 0 Å². The molecule has 0 radical (unpaired) electrons. The summed E-state index contributed by atoms with van der Waals surface area (Å²) >= 11 is 0. The molecule has 0 aliphatic heterocycles. The second-order valence-corrected chi connectivity index (χ2v) is 8.85. The average molecular weight is 513 g/mol. The Morgan fingerprint density at radius 3 is 1.62 bits per heavy atom. The van der Waals surface area contributed by atoms with Gasteiger partial charge < -0.3 is 4.42 Å². The van der Waals surface area contributed by atoms with E-state index in [9.17, 15) is 4.11 Å². The summed E-state index contributed by atoms with van der Waals surface area (Å²) in [7, 11) is 0. The Hall–Kier alpha value is -5.14. The summed E-state index contributed by atoms with van der Waals surface area (Å²) in [4.78, 5) is 0. The predicted molar refractivity (Wildman–Crippen MR) is 165 cm³/mol. The molecule has 8 rings (SSSR count). The second-order valence-electron chi connectivity index (χ2n) is 8.85. The molecular weight excluding hydrogens is 472 g/mol. The quantitative estimate of drug-likeness (QED) is 0.215. The van der Waals surface area contributed by atoms with E-state index in [4.69, 9.17) is 22.2 Å². The fourth-order valence-corrected chi connectivity index (χ4v) is 5.14. The van der Waals surface area contributed by atoms with E-state index >= 15 is 0 Å². The van der Waals surface area contributed by atoms with Crippen LogP contribution in [0.4, 0.5) is 0 Å². The van der Waals surface area contributed by atoms with Gasteiger partial charge in [0.2, 0.25) is 0 Å². The number of benzene rings is 7. The zero-order valence-corrected chi connectivity index (χ0v) is 20.0. The molecule has 8 aromatic rings. The molecule has 182 valence electrons. The van der Waals surface area contributed by atoms with E-state index in [2.05, 4.69) is 0 Å². The molecule has 0 N–H and O–H groups in total. The molecule has 0 fully saturated rings. The molecule has 0 spiro atoms. The van der Waals surface area contributed by atoms with Gasteiger partial charge in [-0.25, -0.2) is 0 Å². The molecule has 7 aromatic carbocycles. The SMILES string of the molecule is [2H]c1c([2H])c([2H])c(-c2c3ccccc3c(-c3c([2H])c([2H])c4oc5c(-c6c([2H])c([2H])c([2H])c([2H])c6[2H])c([2H])c([2H])c([2H])c5c4c3[2H])c3ccccc23)c([2H])c1[2H]. The highest BCUT2D eigenvalue weighted by atomic mass is 16.3. The van der Waals surface area contributed by atoms with Gasteiger partial charge >= 0.3 is 0 Å². The van der Waals surface area contributed by atoms with E-state index in [1.165, 1.54) is 0 Å². The van der Waals surface area contributed by atoms with Crippen molar-refractivity contribution in [2.75, 3.05) is 0 Å². The number of hydrogen-bond acceptors (Lipinski definition) is 1. The molecule has 0 saturated heterocycles. The summed E-state index contributed by atoms with van der Waals surface area (Å²) in [5, 5.41) is 1.29. The second kappa shape index (κ2) is 8.72. The van der Waals surface area contributed by atoms with Gasteiger partial charge in [-0.1, -0.05) is 133 Å². The van der Waals surface area contributed by atoms with Crippen molar-refractivity contribution in [3.8, 4) is 33.4 Å². The van der Waals surface area contributed by atoms with Gasteiger partial charge in [0, 0.05) is 16.3 Å². The zero-order valence-electron chi connectivity index (χ0n) is 36.0. The van der Waals surface area contributed by atoms with E-state index in [1.54, 1.807) is 48.5 Å². The van der Waals surface area contributed by atoms with Crippen LogP contribution in [0.3, 0.4) is 0 Å². The van der Waals surface area contributed by atoms with Gasteiger partial charge in [0.1, 0.15) is 11.2 Å². The van der Waals surface area contributed by atoms with Crippen LogP contribution >= 0.6 is 0 Å². The van der Waals surface area contributed by atoms with E-state index in [0.717, 1.165) is 0 Å². The van der Waals surface area contributed by atoms with Gasteiger partial charge in [-0.15, -0.1) is 0 Å². The van der Waals surface area contributed by atoms with Crippen LogP contribution < -0.4 is 0 Å². The summed E-state index contributed by atoms with van der Waals surface area (Å²) in [6.45, 7) is 0. The Morgan fingerprint density at radius 2 is 1.00 bits per heavy atom. The first kappa shape index (κ1) is 11.3. The van der Waals surface area contributed by atoms with Crippen LogP contribution in [0.2, 0.25) is 0 Å². The smallest absolute Gasteiger partial charge is 0.143 e. The van der Waals surface area contributed by atoms with Crippen LogP contribution in [0.25, 0.3) is 76.9 Å². The third-order valence-corrected chi connectivity index (χ3v) is 6.74. The average Bonchev–Trinajstić information content (AvgIpc) is 3.59. The van der Waals surface area contributed by atoms with Crippen molar-refractivity contribution >= 4 is 43.5 Å². The van der Waals surface area contributed by atoms with Gasteiger partial charge in [0.15, 0.2) is 0 Å². The summed E-state index contributed by atoms with van der Waals surface area (Å²) in [5.41, 5.74) is -1.06. The van der Waals surface area contributed by atoms with Crippen molar-refractivity contribution in [3.63, 3.8) is 0 Å². The lowest BCUT2D eigenvalue weighted by atomic mass is 9.86. The van der Waals surface area contributed by atoms with Gasteiger partial charge in [0.05, 0.1) is 21.9 Å². The van der Waals surface area contributed by atoms with Crippen LogP contribution in [-0.2, 0) is 0 Å². The van der Waals surface area contributed by atoms with Gasteiger partial charge in [0.25, 0.3) is 0 Å². The lowest BCUT2D eigenvalue weighted by molar-refractivity contribution is 0.670. The first-order chi connectivity index (χ1) is 26.0. The number of rotatable bonds is 3. The van der Waals surface area contributed by atoms with Crippen LogP contribution in [0, 0.1) is 0 Å². The molecule has 1 heterocycles. The summed E-state index contributed by atoms with van der Waals surface area (Å²) in [6, 6.07) is 4.36. The Labute approximate surface area is 249 Å². The first-order valence-corrected chi connectivity index (χ1v) is 12.1. The molecule has 1 nitrogen and oxygen atoms in total. The third kappa shape index (κ3) is 3.41. The van der Waals surface area contributed by atoms with Gasteiger partial charge in [-0.3, -0.25) is 0 Å². The summed E-state index contributed by atoms with van der Waals surface area (Å²) in [6.07, 6.45) is 0. The van der Waals surface area contributed by atoms with Crippen LogP contribution in [-0.4, -0.2) is 0 Å². The molecule has 0 saturated carbocycles. The molecule has 0 unspecified atom stereocenters. The van der Waals surface area contributed by atoms with Gasteiger partial charge in [-0.05, 0) is 61.4 Å². The lowest BCUT2D eigenvalue weighted by Crippen LogP contribution is -1.90. The number of fused-ring (bicyclic) bond motifs is 5.